The molecule has 0 fully saturated rings. The summed E-state index contributed by atoms with van der Waals surface area (Å²) in [5.74, 6) is 0. The summed E-state index contributed by atoms with van der Waals surface area (Å²) >= 11 is 0. The van der Waals surface area contributed by atoms with E-state index in [0.29, 0.717) is 6.54 Å². The van der Waals surface area contributed by atoms with Gasteiger partial charge in [-0.2, -0.15) is 0 Å². The zero-order chi connectivity index (χ0) is 15.9. The molecule has 3 rings (SSSR count). The molecule has 0 N–H and O–H groups in total. The van der Waals surface area contributed by atoms with E-state index in [0.717, 1.165) is 22.3 Å². The van der Waals surface area contributed by atoms with Crippen molar-refractivity contribution in [1.29, 1.82) is 0 Å². The Morgan fingerprint density at radius 1 is 1.05 bits per heavy atom. The van der Waals surface area contributed by atoms with Crippen molar-refractivity contribution in [3.8, 4) is 0 Å². The number of benzene rings is 2. The standard InChI is InChI=1S/C19H20N2O/c1-13(2)21-18-11-15(4)14(3)10-17(18)20(19(21)22)12-16-8-6-5-7-9-16/h5-11H,1,12H2,2-4H3. The molecule has 22 heavy (non-hydrogen) atoms. The molecular weight excluding hydrogens is 272 g/mol. The van der Waals surface area contributed by atoms with Crippen LogP contribution in [0.5, 0.6) is 0 Å². The zero-order valence-corrected chi connectivity index (χ0v) is 13.3. The van der Waals surface area contributed by atoms with Gasteiger partial charge in [0.25, 0.3) is 0 Å². The molecule has 112 valence electrons. The maximum Gasteiger partial charge on any atom is 0.333 e. The van der Waals surface area contributed by atoms with Gasteiger partial charge in [-0.25, -0.2) is 4.79 Å². The highest BCUT2D eigenvalue weighted by Crippen LogP contribution is 2.21. The minimum atomic E-state index is -0.0312. The molecule has 0 unspecified atom stereocenters. The monoisotopic (exact) mass is 292 g/mol. The number of hydrogen-bond acceptors (Lipinski definition) is 1. The van der Waals surface area contributed by atoms with Gasteiger partial charge in [0.15, 0.2) is 0 Å². The molecule has 1 heterocycles. The minimum Gasteiger partial charge on any atom is -0.287 e. The first-order valence-electron chi connectivity index (χ1n) is 7.41. The lowest BCUT2D eigenvalue weighted by molar-refractivity contribution is 0.766. The Bertz CT molecular complexity index is 914. The van der Waals surface area contributed by atoms with Crippen LogP contribution in [0.25, 0.3) is 16.7 Å². The number of imidazole rings is 1. The van der Waals surface area contributed by atoms with Crippen molar-refractivity contribution in [2.75, 3.05) is 0 Å². The highest BCUT2D eigenvalue weighted by molar-refractivity contribution is 5.81. The van der Waals surface area contributed by atoms with E-state index in [1.165, 1.54) is 11.1 Å². The average molecular weight is 292 g/mol. The van der Waals surface area contributed by atoms with Gasteiger partial charge in [0.05, 0.1) is 17.6 Å². The molecule has 0 atom stereocenters. The maximum atomic E-state index is 12.8. The molecular formula is C19H20N2O. The summed E-state index contributed by atoms with van der Waals surface area (Å²) in [6.45, 7) is 10.5. The number of aromatic nitrogens is 2. The van der Waals surface area contributed by atoms with Crippen LogP contribution in [0, 0.1) is 13.8 Å². The normalized spacial score (nSPS) is 11.0. The molecule has 3 heteroatoms. The van der Waals surface area contributed by atoms with Gasteiger partial charge in [0.2, 0.25) is 0 Å². The lowest BCUT2D eigenvalue weighted by Crippen LogP contribution is -2.23. The second kappa shape index (κ2) is 5.34. The molecule has 0 saturated heterocycles. The number of allylic oxidation sites excluding steroid dienone is 1. The van der Waals surface area contributed by atoms with Crippen molar-refractivity contribution >= 4 is 16.7 Å². The lowest BCUT2D eigenvalue weighted by atomic mass is 10.1. The van der Waals surface area contributed by atoms with Crippen molar-refractivity contribution < 1.29 is 0 Å². The van der Waals surface area contributed by atoms with Crippen molar-refractivity contribution in [3.05, 3.63) is 76.2 Å². The van der Waals surface area contributed by atoms with Crippen LogP contribution in [-0.4, -0.2) is 9.13 Å². The fourth-order valence-corrected chi connectivity index (χ4v) is 2.80. The van der Waals surface area contributed by atoms with Crippen LogP contribution in [-0.2, 0) is 6.54 Å². The van der Waals surface area contributed by atoms with Gasteiger partial charge in [-0.1, -0.05) is 36.9 Å². The van der Waals surface area contributed by atoms with Gasteiger partial charge >= 0.3 is 5.69 Å². The fraction of sp³-hybridized carbons (Fsp3) is 0.211. The van der Waals surface area contributed by atoms with E-state index in [1.54, 1.807) is 4.57 Å². The van der Waals surface area contributed by atoms with E-state index < -0.39 is 0 Å². The zero-order valence-electron chi connectivity index (χ0n) is 13.3. The predicted octanol–water partition coefficient (Wildman–Crippen LogP) is 3.96. The molecule has 1 aromatic heterocycles. The largest absolute Gasteiger partial charge is 0.333 e. The van der Waals surface area contributed by atoms with E-state index in [4.69, 9.17) is 0 Å². The van der Waals surface area contributed by atoms with Crippen LogP contribution in [0.3, 0.4) is 0 Å². The van der Waals surface area contributed by atoms with Crippen LogP contribution >= 0.6 is 0 Å². The Morgan fingerprint density at radius 2 is 1.64 bits per heavy atom. The molecule has 0 bridgehead atoms. The van der Waals surface area contributed by atoms with Gasteiger partial charge in [-0.15, -0.1) is 0 Å². The predicted molar refractivity (Wildman–Crippen MR) is 92.2 cm³/mol. The van der Waals surface area contributed by atoms with Crippen molar-refractivity contribution in [3.63, 3.8) is 0 Å². The maximum absolute atomic E-state index is 12.8. The molecule has 0 aliphatic carbocycles. The molecule has 3 aromatic rings. The smallest absolute Gasteiger partial charge is 0.287 e. The van der Waals surface area contributed by atoms with Gasteiger partial charge in [-0.3, -0.25) is 9.13 Å². The van der Waals surface area contributed by atoms with Crippen molar-refractivity contribution in [1.82, 2.24) is 9.13 Å². The lowest BCUT2D eigenvalue weighted by Gasteiger charge is -2.05. The number of aryl methyl sites for hydroxylation is 2. The SMILES string of the molecule is C=C(C)n1c(=O)n(Cc2ccccc2)c2cc(C)c(C)cc21. The third-order valence-corrected chi connectivity index (χ3v) is 4.11. The molecule has 3 nitrogen and oxygen atoms in total. The third-order valence-electron chi connectivity index (χ3n) is 4.11. The van der Waals surface area contributed by atoms with Gasteiger partial charge in [-0.05, 0) is 49.6 Å². The number of nitrogens with zero attached hydrogens (tertiary/aromatic N) is 2. The molecule has 0 spiro atoms. The first kappa shape index (κ1) is 14.4. The Hall–Kier alpha value is -2.55. The summed E-state index contributed by atoms with van der Waals surface area (Å²) in [6, 6.07) is 14.2. The molecule has 0 radical (unpaired) electrons. The van der Waals surface area contributed by atoms with E-state index in [-0.39, 0.29) is 5.69 Å². The van der Waals surface area contributed by atoms with Crippen molar-refractivity contribution in [2.45, 2.75) is 27.3 Å². The quantitative estimate of drug-likeness (QED) is 0.718. The summed E-state index contributed by atoms with van der Waals surface area (Å²) in [7, 11) is 0. The number of hydrogen-bond donors (Lipinski definition) is 0. The van der Waals surface area contributed by atoms with E-state index >= 15 is 0 Å². The van der Waals surface area contributed by atoms with Crippen LogP contribution in [0.2, 0.25) is 0 Å². The molecule has 0 amide bonds. The highest BCUT2D eigenvalue weighted by Gasteiger charge is 2.15. The Kier molecular flexibility index (Phi) is 3.49. The Morgan fingerprint density at radius 3 is 2.23 bits per heavy atom. The first-order valence-corrected chi connectivity index (χ1v) is 7.41. The Labute approximate surface area is 130 Å². The van der Waals surface area contributed by atoms with Crippen LogP contribution in [0.4, 0.5) is 0 Å². The van der Waals surface area contributed by atoms with E-state index in [9.17, 15) is 4.79 Å². The second-order valence-corrected chi connectivity index (χ2v) is 5.85. The summed E-state index contributed by atoms with van der Waals surface area (Å²) in [4.78, 5) is 12.8. The number of fused-ring (bicyclic) bond motifs is 1. The molecule has 0 aliphatic rings. The van der Waals surface area contributed by atoms with E-state index in [2.05, 4.69) is 32.6 Å². The highest BCUT2D eigenvalue weighted by atomic mass is 16.1. The summed E-state index contributed by atoms with van der Waals surface area (Å²) in [5, 5.41) is 0. The first-order chi connectivity index (χ1) is 10.5. The third kappa shape index (κ3) is 2.29. The fourth-order valence-electron chi connectivity index (χ4n) is 2.80. The summed E-state index contributed by atoms with van der Waals surface area (Å²) in [6.07, 6.45) is 0. The number of rotatable bonds is 3. The second-order valence-electron chi connectivity index (χ2n) is 5.85. The molecule has 0 aliphatic heterocycles. The molecule has 2 aromatic carbocycles. The average Bonchev–Trinajstić information content (AvgIpc) is 2.73. The van der Waals surface area contributed by atoms with Crippen LogP contribution in [0.15, 0.2) is 53.8 Å². The van der Waals surface area contributed by atoms with Crippen molar-refractivity contribution in [2.24, 2.45) is 0 Å². The Balaban J connectivity index is 2.30. The van der Waals surface area contributed by atoms with Gasteiger partial charge < -0.3 is 0 Å². The van der Waals surface area contributed by atoms with Gasteiger partial charge in [0.1, 0.15) is 0 Å². The van der Waals surface area contributed by atoms with Gasteiger partial charge in [0, 0.05) is 5.70 Å². The topological polar surface area (TPSA) is 26.9 Å². The van der Waals surface area contributed by atoms with Crippen LogP contribution < -0.4 is 5.69 Å². The van der Waals surface area contributed by atoms with Crippen LogP contribution in [0.1, 0.15) is 23.6 Å². The minimum absolute atomic E-state index is 0.0312. The molecule has 0 saturated carbocycles. The summed E-state index contributed by atoms with van der Waals surface area (Å²) < 4.78 is 3.52. The van der Waals surface area contributed by atoms with E-state index in [1.807, 2.05) is 41.8 Å². The summed E-state index contributed by atoms with van der Waals surface area (Å²) in [5.41, 5.74) is 6.08.